The molecule has 100 valence electrons. The highest BCUT2D eigenvalue weighted by Crippen LogP contribution is 2.33. The molecule has 0 saturated carbocycles. The average molecular weight is 323 g/mol. The molecule has 1 aromatic carbocycles. The van der Waals surface area contributed by atoms with Crippen molar-refractivity contribution < 1.29 is 9.59 Å². The van der Waals surface area contributed by atoms with E-state index in [1.54, 1.807) is 13.8 Å². The zero-order valence-electron chi connectivity index (χ0n) is 10.9. The number of rotatable bonds is 3. The summed E-state index contributed by atoms with van der Waals surface area (Å²) < 4.78 is 0.795. The third-order valence-electron chi connectivity index (χ3n) is 3.12. The monoisotopic (exact) mass is 322 g/mol. The van der Waals surface area contributed by atoms with Crippen LogP contribution in [-0.2, 0) is 10.3 Å². The maximum Gasteiger partial charge on any atom is 0.325 e. The molecule has 0 aliphatic carbocycles. The van der Waals surface area contributed by atoms with Crippen molar-refractivity contribution in [3.63, 3.8) is 0 Å². The first-order valence-electron chi connectivity index (χ1n) is 5.90. The molecule has 19 heavy (non-hydrogen) atoms. The summed E-state index contributed by atoms with van der Waals surface area (Å²) in [5.74, 6) is -0.257. The Bertz CT molecular complexity index is 570. The van der Waals surface area contributed by atoms with Gasteiger partial charge in [0.2, 0.25) is 0 Å². The lowest BCUT2D eigenvalue weighted by Crippen LogP contribution is -2.41. The fraction of sp³-hybridized carbons (Fsp3) is 0.286. The molecule has 4 nitrogen and oxygen atoms in total. The van der Waals surface area contributed by atoms with E-state index < -0.39 is 5.54 Å². The topological polar surface area (TPSA) is 49.4 Å². The number of urea groups is 1. The molecule has 1 saturated heterocycles. The van der Waals surface area contributed by atoms with Crippen LogP contribution in [0.25, 0.3) is 0 Å². The Morgan fingerprint density at radius 1 is 1.42 bits per heavy atom. The van der Waals surface area contributed by atoms with Crippen molar-refractivity contribution in [3.8, 4) is 0 Å². The van der Waals surface area contributed by atoms with Crippen LogP contribution in [0.15, 0.2) is 40.9 Å². The van der Waals surface area contributed by atoms with E-state index >= 15 is 0 Å². The molecule has 5 heteroatoms. The van der Waals surface area contributed by atoms with Gasteiger partial charge in [-0.3, -0.25) is 9.69 Å². The summed E-state index contributed by atoms with van der Waals surface area (Å²) in [4.78, 5) is 25.7. The van der Waals surface area contributed by atoms with Crippen molar-refractivity contribution >= 4 is 27.9 Å². The number of nitrogens with one attached hydrogen (secondary N) is 1. The second kappa shape index (κ2) is 4.81. The number of amides is 3. The standard InChI is InChI=1S/C14H15BrN2O2/c1-9(2)8-17-12(18)14(3,16-13(17)19)10-6-4-5-7-11(10)15/h4-7H,1,8H2,2-3H3,(H,16,19)/t14-/m1/s1. The summed E-state index contributed by atoms with van der Waals surface area (Å²) in [6, 6.07) is 7.00. The van der Waals surface area contributed by atoms with Gasteiger partial charge < -0.3 is 5.32 Å². The second-order valence-corrected chi connectivity index (χ2v) is 5.74. The molecular formula is C14H15BrN2O2. The minimum atomic E-state index is -1.04. The summed E-state index contributed by atoms with van der Waals surface area (Å²) >= 11 is 3.42. The second-order valence-electron chi connectivity index (χ2n) is 4.88. The van der Waals surface area contributed by atoms with Crippen molar-refractivity contribution in [2.24, 2.45) is 0 Å². The lowest BCUT2D eigenvalue weighted by Gasteiger charge is -2.23. The van der Waals surface area contributed by atoms with E-state index in [1.807, 2.05) is 24.3 Å². The number of nitrogens with zero attached hydrogens (tertiary/aromatic N) is 1. The Hall–Kier alpha value is -1.62. The Morgan fingerprint density at radius 3 is 2.63 bits per heavy atom. The van der Waals surface area contributed by atoms with E-state index in [1.165, 1.54) is 4.90 Å². The molecule has 1 heterocycles. The highest BCUT2D eigenvalue weighted by molar-refractivity contribution is 9.10. The summed E-state index contributed by atoms with van der Waals surface area (Å²) in [6.07, 6.45) is 0. The lowest BCUT2D eigenvalue weighted by atomic mass is 9.92. The summed E-state index contributed by atoms with van der Waals surface area (Å²) in [7, 11) is 0. The largest absolute Gasteiger partial charge is 0.325 e. The zero-order chi connectivity index (χ0) is 14.2. The number of halogens is 1. The molecule has 1 aromatic rings. The average Bonchev–Trinajstić information content (AvgIpc) is 2.54. The van der Waals surface area contributed by atoms with Crippen LogP contribution in [0.3, 0.4) is 0 Å². The van der Waals surface area contributed by atoms with Crippen molar-refractivity contribution in [2.75, 3.05) is 6.54 Å². The first-order valence-corrected chi connectivity index (χ1v) is 6.69. The van der Waals surface area contributed by atoms with E-state index in [0.717, 1.165) is 15.6 Å². The molecule has 0 spiro atoms. The van der Waals surface area contributed by atoms with E-state index in [2.05, 4.69) is 27.8 Å². The van der Waals surface area contributed by atoms with Crippen LogP contribution in [0.2, 0.25) is 0 Å². The molecule has 0 radical (unpaired) electrons. The van der Waals surface area contributed by atoms with E-state index in [9.17, 15) is 9.59 Å². The van der Waals surface area contributed by atoms with Crippen LogP contribution in [0.4, 0.5) is 4.79 Å². The third-order valence-corrected chi connectivity index (χ3v) is 3.81. The highest BCUT2D eigenvalue weighted by Gasteiger charge is 2.49. The van der Waals surface area contributed by atoms with Crippen molar-refractivity contribution in [2.45, 2.75) is 19.4 Å². The van der Waals surface area contributed by atoms with Crippen molar-refractivity contribution in [1.29, 1.82) is 0 Å². The molecule has 1 aliphatic heterocycles. The number of hydrogen-bond acceptors (Lipinski definition) is 2. The maximum absolute atomic E-state index is 12.5. The van der Waals surface area contributed by atoms with Crippen LogP contribution >= 0.6 is 15.9 Å². The lowest BCUT2D eigenvalue weighted by molar-refractivity contribution is -0.130. The van der Waals surface area contributed by atoms with Crippen LogP contribution in [0, 0.1) is 0 Å². The Kier molecular flexibility index (Phi) is 3.49. The molecule has 1 aliphatic rings. The van der Waals surface area contributed by atoms with Gasteiger partial charge in [0.05, 0.1) is 6.54 Å². The quantitative estimate of drug-likeness (QED) is 0.687. The molecule has 2 rings (SSSR count). The maximum atomic E-state index is 12.5. The van der Waals surface area contributed by atoms with Gasteiger partial charge in [-0.2, -0.15) is 0 Å². The number of carbonyl (C=O) groups excluding carboxylic acids is 2. The fourth-order valence-corrected chi connectivity index (χ4v) is 2.84. The number of imide groups is 1. The zero-order valence-corrected chi connectivity index (χ0v) is 12.5. The van der Waals surface area contributed by atoms with Gasteiger partial charge in [0.1, 0.15) is 5.54 Å². The van der Waals surface area contributed by atoms with Crippen LogP contribution in [0.5, 0.6) is 0 Å². The van der Waals surface area contributed by atoms with Crippen LogP contribution in [-0.4, -0.2) is 23.4 Å². The summed E-state index contributed by atoms with van der Waals surface area (Å²) in [6.45, 7) is 7.48. The smallest absolute Gasteiger partial charge is 0.319 e. The van der Waals surface area contributed by atoms with Gasteiger partial charge in [-0.15, -0.1) is 0 Å². The summed E-state index contributed by atoms with van der Waals surface area (Å²) in [5, 5.41) is 2.76. The van der Waals surface area contributed by atoms with Gasteiger partial charge >= 0.3 is 6.03 Å². The van der Waals surface area contributed by atoms with Crippen molar-refractivity contribution in [3.05, 3.63) is 46.5 Å². The Labute approximate surface area is 120 Å². The first-order chi connectivity index (χ1) is 8.86. The SMILES string of the molecule is C=C(C)CN1C(=O)N[C@](C)(c2ccccc2Br)C1=O. The van der Waals surface area contributed by atoms with Crippen LogP contribution in [0.1, 0.15) is 19.4 Å². The van der Waals surface area contributed by atoms with Gasteiger partial charge in [0.15, 0.2) is 0 Å². The molecule has 1 fully saturated rings. The molecule has 0 aromatic heterocycles. The number of hydrogen-bond donors (Lipinski definition) is 1. The van der Waals surface area contributed by atoms with Gasteiger partial charge in [0, 0.05) is 10.0 Å². The molecule has 0 unspecified atom stereocenters. The Morgan fingerprint density at radius 2 is 2.05 bits per heavy atom. The first kappa shape index (κ1) is 13.8. The van der Waals surface area contributed by atoms with Gasteiger partial charge in [0.25, 0.3) is 5.91 Å². The molecule has 1 atom stereocenters. The molecule has 1 N–H and O–H groups in total. The molecular weight excluding hydrogens is 308 g/mol. The van der Waals surface area contributed by atoms with Gasteiger partial charge in [-0.25, -0.2) is 4.79 Å². The minimum absolute atomic E-state index is 0.241. The molecule has 3 amide bonds. The predicted molar refractivity (Wildman–Crippen MR) is 76.6 cm³/mol. The van der Waals surface area contributed by atoms with Gasteiger partial charge in [-0.05, 0) is 19.9 Å². The van der Waals surface area contributed by atoms with Crippen molar-refractivity contribution in [1.82, 2.24) is 10.2 Å². The normalized spacial score (nSPS) is 22.6. The minimum Gasteiger partial charge on any atom is -0.319 e. The van der Waals surface area contributed by atoms with E-state index in [0.29, 0.717) is 0 Å². The van der Waals surface area contributed by atoms with Crippen LogP contribution < -0.4 is 5.32 Å². The third kappa shape index (κ3) is 2.30. The summed E-state index contributed by atoms with van der Waals surface area (Å²) in [5.41, 5.74) is 0.476. The Balaban J connectivity index is 2.41. The molecule has 0 bridgehead atoms. The predicted octanol–water partition coefficient (Wildman–Crippen LogP) is 2.79. The number of carbonyl (C=O) groups is 2. The van der Waals surface area contributed by atoms with E-state index in [-0.39, 0.29) is 18.5 Å². The van der Waals surface area contributed by atoms with E-state index in [4.69, 9.17) is 0 Å². The van der Waals surface area contributed by atoms with Gasteiger partial charge in [-0.1, -0.05) is 46.3 Å². The highest BCUT2D eigenvalue weighted by atomic mass is 79.9. The fourth-order valence-electron chi connectivity index (χ4n) is 2.16. The number of benzene rings is 1.